The van der Waals surface area contributed by atoms with E-state index in [1.165, 1.54) is 37.9 Å². The number of nitrogens with one attached hydrogen (secondary N) is 1. The molecule has 2 heterocycles. The number of hydrogen-bond acceptors (Lipinski definition) is 5. The highest BCUT2D eigenvalue weighted by Gasteiger charge is 2.14. The third-order valence-electron chi connectivity index (χ3n) is 4.70. The zero-order chi connectivity index (χ0) is 17.6. The molecule has 1 aliphatic heterocycles. The molecule has 5 nitrogen and oxygen atoms in total. The molecule has 1 fully saturated rings. The summed E-state index contributed by atoms with van der Waals surface area (Å²) in [7, 11) is 0. The highest BCUT2D eigenvalue weighted by Crippen LogP contribution is 2.24. The fourth-order valence-electron chi connectivity index (χ4n) is 3.37. The van der Waals surface area contributed by atoms with Gasteiger partial charge in [0.1, 0.15) is 6.33 Å². The van der Waals surface area contributed by atoms with Gasteiger partial charge in [0.05, 0.1) is 0 Å². The predicted molar refractivity (Wildman–Crippen MR) is 104 cm³/mol. The number of benzene rings is 2. The molecule has 0 aliphatic carbocycles. The third-order valence-corrected chi connectivity index (χ3v) is 4.70. The quantitative estimate of drug-likeness (QED) is 0.748. The van der Waals surface area contributed by atoms with E-state index in [2.05, 4.69) is 43.4 Å². The molecule has 0 saturated carbocycles. The van der Waals surface area contributed by atoms with Crippen LogP contribution in [0.25, 0.3) is 11.4 Å². The molecule has 2 aromatic carbocycles. The van der Waals surface area contributed by atoms with Gasteiger partial charge in [0.25, 0.3) is 0 Å². The Kier molecular flexibility index (Phi) is 5.17. The Morgan fingerprint density at radius 3 is 2.46 bits per heavy atom. The Hall–Kier alpha value is -2.79. The number of likely N-dealkylation sites (tertiary alicyclic amines) is 1. The van der Waals surface area contributed by atoms with Gasteiger partial charge in [-0.15, -0.1) is 0 Å². The second-order valence-electron chi connectivity index (χ2n) is 6.62. The number of hydrogen-bond donors (Lipinski definition) is 1. The van der Waals surface area contributed by atoms with Gasteiger partial charge in [0.15, 0.2) is 5.82 Å². The smallest absolute Gasteiger partial charge is 0.230 e. The van der Waals surface area contributed by atoms with E-state index >= 15 is 0 Å². The van der Waals surface area contributed by atoms with Gasteiger partial charge in [-0.1, -0.05) is 48.9 Å². The first-order valence-electron chi connectivity index (χ1n) is 9.20. The van der Waals surface area contributed by atoms with Crippen LogP contribution in [0.4, 0.5) is 11.6 Å². The van der Waals surface area contributed by atoms with Crippen LogP contribution < -0.4 is 5.32 Å². The average Bonchev–Trinajstić information content (AvgIpc) is 2.70. The molecule has 1 saturated heterocycles. The van der Waals surface area contributed by atoms with Crippen molar-refractivity contribution in [2.75, 3.05) is 18.4 Å². The predicted octanol–water partition coefficient (Wildman–Crippen LogP) is 4.27. The minimum Gasteiger partial charge on any atom is -0.324 e. The van der Waals surface area contributed by atoms with Crippen LogP contribution in [0.3, 0.4) is 0 Å². The third kappa shape index (κ3) is 4.06. The monoisotopic (exact) mass is 345 g/mol. The van der Waals surface area contributed by atoms with E-state index in [1.54, 1.807) is 6.33 Å². The van der Waals surface area contributed by atoms with Crippen LogP contribution in [0.1, 0.15) is 24.8 Å². The molecule has 4 rings (SSSR count). The van der Waals surface area contributed by atoms with E-state index in [0.29, 0.717) is 11.8 Å². The van der Waals surface area contributed by atoms with Crippen LogP contribution >= 0.6 is 0 Å². The van der Waals surface area contributed by atoms with Gasteiger partial charge in [-0.2, -0.15) is 4.98 Å². The summed E-state index contributed by atoms with van der Waals surface area (Å²) in [5.41, 5.74) is 3.31. The summed E-state index contributed by atoms with van der Waals surface area (Å²) in [6, 6.07) is 18.4. The summed E-state index contributed by atoms with van der Waals surface area (Å²) in [5.74, 6) is 1.28. The lowest BCUT2D eigenvalue weighted by Gasteiger charge is -2.27. The second-order valence-corrected chi connectivity index (χ2v) is 6.62. The second kappa shape index (κ2) is 8.06. The van der Waals surface area contributed by atoms with Crippen molar-refractivity contribution >= 4 is 11.6 Å². The largest absolute Gasteiger partial charge is 0.324 e. The van der Waals surface area contributed by atoms with Crippen molar-refractivity contribution in [1.29, 1.82) is 0 Å². The molecule has 5 heteroatoms. The molecule has 3 aromatic rings. The van der Waals surface area contributed by atoms with E-state index in [-0.39, 0.29) is 0 Å². The Balaban J connectivity index is 1.58. The first-order valence-corrected chi connectivity index (χ1v) is 9.20. The Labute approximate surface area is 154 Å². The zero-order valence-corrected chi connectivity index (χ0v) is 14.8. The van der Waals surface area contributed by atoms with E-state index < -0.39 is 0 Å². The summed E-state index contributed by atoms with van der Waals surface area (Å²) >= 11 is 0. The fraction of sp³-hybridized carbons (Fsp3) is 0.286. The van der Waals surface area contributed by atoms with Crippen LogP contribution in [0, 0.1) is 0 Å². The molecule has 132 valence electrons. The van der Waals surface area contributed by atoms with Gasteiger partial charge in [-0.05, 0) is 43.6 Å². The van der Waals surface area contributed by atoms with Gasteiger partial charge >= 0.3 is 0 Å². The Morgan fingerprint density at radius 2 is 1.62 bits per heavy atom. The lowest BCUT2D eigenvalue weighted by atomic mass is 10.0. The molecular weight excluding hydrogens is 322 g/mol. The number of piperidine rings is 1. The minimum atomic E-state index is 0.564. The summed E-state index contributed by atoms with van der Waals surface area (Å²) in [4.78, 5) is 15.8. The summed E-state index contributed by atoms with van der Waals surface area (Å²) in [5, 5.41) is 3.24. The Bertz CT molecular complexity index is 844. The normalized spacial score (nSPS) is 14.9. The number of aromatic nitrogens is 3. The number of rotatable bonds is 5. The standard InChI is InChI=1S/C21H23N5/c1-3-10-18(11-4-1)24-21-23-16-22-20(25-21)19-12-6-5-9-17(19)15-26-13-7-2-8-14-26/h1,3-6,9-12,16H,2,7-8,13-15H2,(H,22,23,24,25). The number of nitrogens with zero attached hydrogens (tertiary/aromatic N) is 4. The summed E-state index contributed by atoms with van der Waals surface area (Å²) < 4.78 is 0. The zero-order valence-electron chi connectivity index (χ0n) is 14.8. The topological polar surface area (TPSA) is 53.9 Å². The molecular formula is C21H23N5. The molecule has 1 aliphatic rings. The van der Waals surface area contributed by atoms with E-state index in [9.17, 15) is 0 Å². The van der Waals surface area contributed by atoms with E-state index in [4.69, 9.17) is 0 Å². The highest BCUT2D eigenvalue weighted by molar-refractivity contribution is 5.62. The van der Waals surface area contributed by atoms with Crippen molar-refractivity contribution in [2.45, 2.75) is 25.8 Å². The van der Waals surface area contributed by atoms with Crippen LogP contribution in [0.5, 0.6) is 0 Å². The lowest BCUT2D eigenvalue weighted by Crippen LogP contribution is -2.29. The first kappa shape index (κ1) is 16.7. The molecule has 0 spiro atoms. The maximum absolute atomic E-state index is 4.64. The van der Waals surface area contributed by atoms with Gasteiger partial charge < -0.3 is 5.32 Å². The van der Waals surface area contributed by atoms with Crippen molar-refractivity contribution in [3.05, 3.63) is 66.5 Å². The fourth-order valence-corrected chi connectivity index (χ4v) is 3.37. The summed E-state index contributed by atoms with van der Waals surface area (Å²) in [6.45, 7) is 3.29. The summed E-state index contributed by atoms with van der Waals surface area (Å²) in [6.07, 6.45) is 5.50. The molecule has 0 amide bonds. The molecule has 0 atom stereocenters. The van der Waals surface area contributed by atoms with Gasteiger partial charge in [0.2, 0.25) is 5.95 Å². The molecule has 1 N–H and O–H groups in total. The lowest BCUT2D eigenvalue weighted by molar-refractivity contribution is 0.221. The van der Waals surface area contributed by atoms with Crippen molar-refractivity contribution in [1.82, 2.24) is 19.9 Å². The van der Waals surface area contributed by atoms with Crippen molar-refractivity contribution in [3.63, 3.8) is 0 Å². The molecule has 1 aromatic heterocycles. The van der Waals surface area contributed by atoms with Crippen molar-refractivity contribution in [2.24, 2.45) is 0 Å². The van der Waals surface area contributed by atoms with Gasteiger partial charge in [0, 0.05) is 17.8 Å². The highest BCUT2D eigenvalue weighted by atomic mass is 15.1. The van der Waals surface area contributed by atoms with E-state index in [0.717, 1.165) is 17.8 Å². The van der Waals surface area contributed by atoms with Crippen molar-refractivity contribution in [3.8, 4) is 11.4 Å². The van der Waals surface area contributed by atoms with Crippen molar-refractivity contribution < 1.29 is 0 Å². The molecule has 0 radical (unpaired) electrons. The van der Waals surface area contributed by atoms with Gasteiger partial charge in [-0.3, -0.25) is 4.90 Å². The van der Waals surface area contributed by atoms with Crippen LogP contribution in [-0.2, 0) is 6.54 Å². The maximum atomic E-state index is 4.64. The number of para-hydroxylation sites is 1. The molecule has 0 bridgehead atoms. The SMILES string of the molecule is c1ccc(Nc2ncnc(-c3ccccc3CN3CCCCC3)n2)cc1. The molecule has 0 unspecified atom stereocenters. The maximum Gasteiger partial charge on any atom is 0.230 e. The van der Waals surface area contributed by atoms with E-state index in [1.807, 2.05) is 36.4 Å². The van der Waals surface area contributed by atoms with Crippen LogP contribution in [0.2, 0.25) is 0 Å². The van der Waals surface area contributed by atoms with Crippen LogP contribution in [-0.4, -0.2) is 32.9 Å². The number of anilines is 2. The minimum absolute atomic E-state index is 0.564. The Morgan fingerprint density at radius 1 is 0.846 bits per heavy atom. The van der Waals surface area contributed by atoms with Gasteiger partial charge in [-0.25, -0.2) is 9.97 Å². The molecule has 26 heavy (non-hydrogen) atoms. The average molecular weight is 345 g/mol. The first-order chi connectivity index (χ1) is 12.9. The van der Waals surface area contributed by atoms with Crippen LogP contribution in [0.15, 0.2) is 60.9 Å².